The Morgan fingerprint density at radius 1 is 1.82 bits per heavy atom. The predicted molar refractivity (Wildman–Crippen MR) is 51.3 cm³/mol. The molecule has 2 nitrogen and oxygen atoms in total. The molecule has 0 N–H and O–H groups in total. The molecule has 0 aliphatic carbocycles. The van der Waals surface area contributed by atoms with Crippen molar-refractivity contribution in [3.63, 3.8) is 0 Å². The van der Waals surface area contributed by atoms with E-state index in [1.807, 2.05) is 11.6 Å². The third-order valence-corrected chi connectivity index (χ3v) is 1.81. The summed E-state index contributed by atoms with van der Waals surface area (Å²) in [5.74, 6) is 0. The maximum absolute atomic E-state index is 4.13. The Labute approximate surface area is 74.4 Å². The smallest absolute Gasteiger partial charge is 0.102 e. The Kier molecular flexibility index (Phi) is 2.29. The van der Waals surface area contributed by atoms with Gasteiger partial charge in [-0.05, 0) is 22.0 Å². The molecular weight excluding hydrogens is 204 g/mol. The van der Waals surface area contributed by atoms with Crippen molar-refractivity contribution in [3.05, 3.63) is 30.9 Å². The molecule has 1 heterocycles. The summed E-state index contributed by atoms with van der Waals surface area (Å²) in [5.41, 5.74) is 1.83. The van der Waals surface area contributed by atoms with Crippen molar-refractivity contribution in [2.24, 2.45) is 7.05 Å². The quantitative estimate of drug-likeness (QED) is 0.737. The highest BCUT2D eigenvalue weighted by molar-refractivity contribution is 9.15. The van der Waals surface area contributed by atoms with Crippen molar-refractivity contribution in [2.75, 3.05) is 0 Å². The van der Waals surface area contributed by atoms with Gasteiger partial charge in [0.25, 0.3) is 0 Å². The monoisotopic (exact) mass is 212 g/mol. The van der Waals surface area contributed by atoms with Gasteiger partial charge in [-0.1, -0.05) is 13.2 Å². The number of imidazole rings is 1. The van der Waals surface area contributed by atoms with E-state index in [1.54, 1.807) is 12.4 Å². The van der Waals surface area contributed by atoms with Crippen LogP contribution in [0.2, 0.25) is 0 Å². The lowest BCUT2D eigenvalue weighted by atomic mass is 10.3. The molecule has 0 aromatic carbocycles. The highest BCUT2D eigenvalue weighted by Gasteiger charge is 2.05. The molecule has 1 aromatic rings. The largest absolute Gasteiger partial charge is 0.334 e. The first kappa shape index (κ1) is 8.27. The molecule has 58 valence electrons. The van der Waals surface area contributed by atoms with Crippen molar-refractivity contribution in [3.8, 4) is 0 Å². The average Bonchev–Trinajstić information content (AvgIpc) is 2.30. The standard InChI is InChI=1S/C8H9BrN2/c1-4-7-8(6(2)9)10-5-11(7)3/h4-5H,1-2H2,3H3. The van der Waals surface area contributed by atoms with Gasteiger partial charge < -0.3 is 4.57 Å². The van der Waals surface area contributed by atoms with Gasteiger partial charge in [-0.3, -0.25) is 0 Å². The van der Waals surface area contributed by atoms with E-state index in [0.29, 0.717) is 0 Å². The molecule has 11 heavy (non-hydrogen) atoms. The fourth-order valence-corrected chi connectivity index (χ4v) is 1.19. The summed E-state index contributed by atoms with van der Waals surface area (Å²) in [6.45, 7) is 7.42. The Balaban J connectivity index is 3.26. The zero-order valence-electron chi connectivity index (χ0n) is 6.34. The number of hydrogen-bond donors (Lipinski definition) is 0. The van der Waals surface area contributed by atoms with E-state index in [4.69, 9.17) is 0 Å². The van der Waals surface area contributed by atoms with Crippen molar-refractivity contribution in [1.29, 1.82) is 0 Å². The van der Waals surface area contributed by atoms with Gasteiger partial charge in [0.05, 0.1) is 12.0 Å². The lowest BCUT2D eigenvalue weighted by molar-refractivity contribution is 0.902. The third-order valence-electron chi connectivity index (χ3n) is 1.43. The Morgan fingerprint density at radius 3 is 2.82 bits per heavy atom. The minimum absolute atomic E-state index is 0.785. The van der Waals surface area contributed by atoms with E-state index in [9.17, 15) is 0 Å². The van der Waals surface area contributed by atoms with Crippen LogP contribution >= 0.6 is 15.9 Å². The summed E-state index contributed by atoms with van der Waals surface area (Å²) >= 11 is 3.27. The van der Waals surface area contributed by atoms with E-state index in [1.165, 1.54) is 0 Å². The zero-order valence-corrected chi connectivity index (χ0v) is 7.93. The summed E-state index contributed by atoms with van der Waals surface area (Å²) < 4.78 is 2.68. The number of aromatic nitrogens is 2. The topological polar surface area (TPSA) is 17.8 Å². The van der Waals surface area contributed by atoms with E-state index in [0.717, 1.165) is 15.9 Å². The van der Waals surface area contributed by atoms with Crippen molar-refractivity contribution >= 4 is 26.5 Å². The Hall–Kier alpha value is -0.830. The highest BCUT2D eigenvalue weighted by atomic mass is 79.9. The Morgan fingerprint density at radius 2 is 2.45 bits per heavy atom. The van der Waals surface area contributed by atoms with E-state index in [2.05, 4.69) is 34.1 Å². The van der Waals surface area contributed by atoms with Crippen LogP contribution in [0.1, 0.15) is 11.4 Å². The van der Waals surface area contributed by atoms with Crippen LogP contribution in [-0.2, 0) is 7.05 Å². The minimum atomic E-state index is 0.785. The van der Waals surface area contributed by atoms with Gasteiger partial charge in [-0.2, -0.15) is 0 Å². The number of rotatable bonds is 2. The van der Waals surface area contributed by atoms with Crippen LogP contribution in [-0.4, -0.2) is 9.55 Å². The molecular formula is C8H9BrN2. The number of nitrogens with zero attached hydrogens (tertiary/aromatic N) is 2. The van der Waals surface area contributed by atoms with Crippen LogP contribution in [0, 0.1) is 0 Å². The maximum atomic E-state index is 4.13. The summed E-state index contributed by atoms with van der Waals surface area (Å²) in [4.78, 5) is 4.13. The first-order chi connectivity index (χ1) is 5.16. The molecule has 0 saturated carbocycles. The second-order valence-electron chi connectivity index (χ2n) is 2.20. The van der Waals surface area contributed by atoms with E-state index < -0.39 is 0 Å². The van der Waals surface area contributed by atoms with Crippen LogP contribution in [0.15, 0.2) is 19.5 Å². The molecule has 1 rings (SSSR count). The van der Waals surface area contributed by atoms with Crippen molar-refractivity contribution in [2.45, 2.75) is 0 Å². The molecule has 0 aliphatic heterocycles. The minimum Gasteiger partial charge on any atom is -0.334 e. The molecule has 3 heteroatoms. The molecule has 1 aromatic heterocycles. The van der Waals surface area contributed by atoms with Crippen LogP contribution in [0.5, 0.6) is 0 Å². The summed E-state index contributed by atoms with van der Waals surface area (Å²) in [6.07, 6.45) is 3.49. The maximum Gasteiger partial charge on any atom is 0.102 e. The van der Waals surface area contributed by atoms with Gasteiger partial charge in [0, 0.05) is 11.5 Å². The number of aryl methyl sites for hydroxylation is 1. The molecule has 0 unspecified atom stereocenters. The van der Waals surface area contributed by atoms with E-state index in [-0.39, 0.29) is 0 Å². The second-order valence-corrected chi connectivity index (χ2v) is 3.16. The number of halogens is 1. The van der Waals surface area contributed by atoms with Gasteiger partial charge in [-0.15, -0.1) is 0 Å². The SMILES string of the molecule is C=Cc1c(C(=C)Br)ncn1C. The predicted octanol–water partition coefficient (Wildman–Crippen LogP) is 2.43. The van der Waals surface area contributed by atoms with Gasteiger partial charge in [0.1, 0.15) is 5.69 Å². The molecule has 0 amide bonds. The molecule has 0 saturated heterocycles. The Bertz CT molecular complexity index is 299. The molecule has 0 radical (unpaired) electrons. The molecule has 0 aliphatic rings. The van der Waals surface area contributed by atoms with Crippen LogP contribution < -0.4 is 0 Å². The van der Waals surface area contributed by atoms with Crippen LogP contribution in [0.4, 0.5) is 0 Å². The van der Waals surface area contributed by atoms with Gasteiger partial charge >= 0.3 is 0 Å². The zero-order chi connectivity index (χ0) is 8.43. The summed E-state index contributed by atoms with van der Waals surface area (Å²) in [7, 11) is 1.92. The lowest BCUT2D eigenvalue weighted by Gasteiger charge is -1.96. The first-order valence-corrected chi connectivity index (χ1v) is 3.94. The van der Waals surface area contributed by atoms with Gasteiger partial charge in [0.15, 0.2) is 0 Å². The van der Waals surface area contributed by atoms with E-state index >= 15 is 0 Å². The molecule has 0 bridgehead atoms. The number of hydrogen-bond acceptors (Lipinski definition) is 1. The van der Waals surface area contributed by atoms with Gasteiger partial charge in [-0.25, -0.2) is 4.98 Å². The third kappa shape index (κ3) is 1.43. The molecule has 0 atom stereocenters. The molecule has 0 fully saturated rings. The summed E-state index contributed by atoms with van der Waals surface area (Å²) in [5, 5.41) is 0. The second kappa shape index (κ2) is 3.05. The van der Waals surface area contributed by atoms with Crippen molar-refractivity contribution in [1.82, 2.24) is 9.55 Å². The summed E-state index contributed by atoms with van der Waals surface area (Å²) in [6, 6.07) is 0. The fraction of sp³-hybridized carbons (Fsp3) is 0.125. The first-order valence-electron chi connectivity index (χ1n) is 3.15. The van der Waals surface area contributed by atoms with Gasteiger partial charge in [0.2, 0.25) is 0 Å². The highest BCUT2D eigenvalue weighted by Crippen LogP contribution is 2.21. The normalized spacial score (nSPS) is 9.64. The van der Waals surface area contributed by atoms with Crippen LogP contribution in [0.25, 0.3) is 10.6 Å². The van der Waals surface area contributed by atoms with Crippen molar-refractivity contribution < 1.29 is 0 Å². The lowest BCUT2D eigenvalue weighted by Crippen LogP contribution is -1.89. The molecule has 0 spiro atoms. The average molecular weight is 213 g/mol. The fourth-order valence-electron chi connectivity index (χ4n) is 0.889. The van der Waals surface area contributed by atoms with Crippen LogP contribution in [0.3, 0.4) is 0 Å².